The molecule has 128 valence electrons. The van der Waals surface area contributed by atoms with Gasteiger partial charge in [0.25, 0.3) is 0 Å². The second-order valence-corrected chi connectivity index (χ2v) is 6.55. The quantitative estimate of drug-likeness (QED) is 0.791. The van der Waals surface area contributed by atoms with Crippen LogP contribution in [0.25, 0.3) is 0 Å². The van der Waals surface area contributed by atoms with Gasteiger partial charge in [-0.1, -0.05) is 0 Å². The minimum atomic E-state index is 0.0369. The van der Waals surface area contributed by atoms with Crippen molar-refractivity contribution >= 4 is 11.8 Å². The van der Waals surface area contributed by atoms with E-state index in [1.165, 1.54) is 12.8 Å². The molecule has 1 aromatic rings. The lowest BCUT2D eigenvalue weighted by Crippen LogP contribution is -2.44. The van der Waals surface area contributed by atoms with Crippen LogP contribution in [-0.4, -0.2) is 48.0 Å². The highest BCUT2D eigenvalue weighted by atomic mass is 16.5. The zero-order chi connectivity index (χ0) is 16.2. The van der Waals surface area contributed by atoms with Gasteiger partial charge >= 0.3 is 0 Å². The molecule has 1 saturated carbocycles. The predicted octanol–water partition coefficient (Wildman–Crippen LogP) is 1.84. The summed E-state index contributed by atoms with van der Waals surface area (Å²) >= 11 is 0. The van der Waals surface area contributed by atoms with Crippen molar-refractivity contribution in [3.8, 4) is 5.88 Å². The van der Waals surface area contributed by atoms with E-state index in [9.17, 15) is 0 Å². The number of ether oxygens (including phenoxy) is 3. The third-order valence-corrected chi connectivity index (χ3v) is 3.96. The van der Waals surface area contributed by atoms with Crippen LogP contribution in [0.5, 0.6) is 5.88 Å². The molecule has 2 atom stereocenters. The first kappa shape index (κ1) is 16.3. The number of anilines is 2. The molecule has 7 heteroatoms. The van der Waals surface area contributed by atoms with Gasteiger partial charge in [-0.3, -0.25) is 0 Å². The minimum Gasteiger partial charge on any atom is -0.475 e. The summed E-state index contributed by atoms with van der Waals surface area (Å²) in [7, 11) is 0. The van der Waals surface area contributed by atoms with Crippen molar-refractivity contribution in [3.63, 3.8) is 0 Å². The minimum absolute atomic E-state index is 0.0369. The number of rotatable bonds is 7. The summed E-state index contributed by atoms with van der Waals surface area (Å²) in [5.41, 5.74) is 5.78. The number of hydrogen-bond acceptors (Lipinski definition) is 7. The molecule has 2 heterocycles. The van der Waals surface area contributed by atoms with Crippen LogP contribution in [0.4, 0.5) is 11.8 Å². The predicted molar refractivity (Wildman–Crippen MR) is 87.5 cm³/mol. The smallest absolute Gasteiger partial charge is 0.225 e. The molecular formula is C16H26N4O3. The van der Waals surface area contributed by atoms with Crippen LogP contribution in [0.2, 0.25) is 0 Å². The van der Waals surface area contributed by atoms with E-state index in [-0.39, 0.29) is 24.2 Å². The van der Waals surface area contributed by atoms with Gasteiger partial charge in [0.2, 0.25) is 11.8 Å². The van der Waals surface area contributed by atoms with E-state index in [1.54, 1.807) is 6.07 Å². The Bertz CT molecular complexity index is 522. The maximum atomic E-state index is 6.02. The maximum Gasteiger partial charge on any atom is 0.225 e. The maximum absolute atomic E-state index is 6.02. The molecule has 0 radical (unpaired) electrons. The Morgan fingerprint density at radius 3 is 2.91 bits per heavy atom. The molecule has 1 aliphatic carbocycles. The third kappa shape index (κ3) is 4.94. The molecule has 7 nitrogen and oxygen atoms in total. The molecule has 1 aromatic heterocycles. The fourth-order valence-corrected chi connectivity index (χ4v) is 2.59. The number of nitrogens with zero attached hydrogens (tertiary/aromatic N) is 2. The van der Waals surface area contributed by atoms with Crippen LogP contribution in [0.15, 0.2) is 6.07 Å². The van der Waals surface area contributed by atoms with E-state index in [1.807, 2.05) is 13.8 Å². The van der Waals surface area contributed by atoms with E-state index in [0.717, 1.165) is 25.6 Å². The summed E-state index contributed by atoms with van der Waals surface area (Å²) in [6, 6.07) is 1.94. The van der Waals surface area contributed by atoms with Gasteiger partial charge in [-0.2, -0.15) is 9.97 Å². The van der Waals surface area contributed by atoms with Gasteiger partial charge in [-0.05, 0) is 39.0 Å². The van der Waals surface area contributed by atoms with Crippen molar-refractivity contribution in [1.29, 1.82) is 0 Å². The Balaban J connectivity index is 1.64. The highest BCUT2D eigenvalue weighted by Gasteiger charge is 2.30. The van der Waals surface area contributed by atoms with Gasteiger partial charge in [0.05, 0.1) is 18.8 Å². The number of nitrogens with one attached hydrogen (secondary N) is 1. The molecule has 0 unspecified atom stereocenters. The molecule has 23 heavy (non-hydrogen) atoms. The molecular weight excluding hydrogens is 296 g/mol. The summed E-state index contributed by atoms with van der Waals surface area (Å²) in [6.07, 6.45) is 3.51. The van der Waals surface area contributed by atoms with Crippen molar-refractivity contribution in [2.45, 2.75) is 51.4 Å². The monoisotopic (exact) mass is 322 g/mol. The molecule has 2 fully saturated rings. The van der Waals surface area contributed by atoms with E-state index >= 15 is 0 Å². The van der Waals surface area contributed by atoms with Gasteiger partial charge in [0, 0.05) is 19.3 Å². The molecule has 3 rings (SSSR count). The lowest BCUT2D eigenvalue weighted by molar-refractivity contribution is -0.0598. The van der Waals surface area contributed by atoms with E-state index in [2.05, 4.69) is 15.3 Å². The Morgan fingerprint density at radius 2 is 2.17 bits per heavy atom. The highest BCUT2D eigenvalue weighted by Crippen LogP contribution is 2.30. The molecule has 0 bridgehead atoms. The molecule has 0 amide bonds. The zero-order valence-corrected chi connectivity index (χ0v) is 13.8. The number of nitrogen functional groups attached to an aromatic ring is 1. The van der Waals surface area contributed by atoms with Gasteiger partial charge in [-0.15, -0.1) is 0 Å². The van der Waals surface area contributed by atoms with Crippen molar-refractivity contribution < 1.29 is 14.2 Å². The second kappa shape index (κ2) is 7.31. The molecule has 1 saturated heterocycles. The first-order valence-corrected chi connectivity index (χ1v) is 8.37. The summed E-state index contributed by atoms with van der Waals surface area (Å²) < 4.78 is 17.2. The van der Waals surface area contributed by atoms with Crippen LogP contribution >= 0.6 is 0 Å². The average molecular weight is 322 g/mol. The summed E-state index contributed by atoms with van der Waals surface area (Å²) in [6.45, 7) is 6.05. The van der Waals surface area contributed by atoms with Crippen molar-refractivity contribution in [2.24, 2.45) is 5.92 Å². The third-order valence-electron chi connectivity index (χ3n) is 3.96. The lowest BCUT2D eigenvalue weighted by atomic mass is 10.1. The first-order valence-electron chi connectivity index (χ1n) is 8.37. The standard InChI is InChI=1S/C16H26N4O3/c1-10(2)23-15-7-14(19-16(17)20-15)18-12-5-6-21-9-13(12)22-8-11-3-4-11/h7,10-13H,3-6,8-9H2,1-2H3,(H3,17,18,19,20)/t12-,13-/m1/s1. The highest BCUT2D eigenvalue weighted by molar-refractivity contribution is 5.44. The summed E-state index contributed by atoms with van der Waals surface area (Å²) in [4.78, 5) is 8.36. The largest absolute Gasteiger partial charge is 0.475 e. The fraction of sp³-hybridized carbons (Fsp3) is 0.750. The Hall–Kier alpha value is -1.60. The van der Waals surface area contributed by atoms with E-state index in [4.69, 9.17) is 19.9 Å². The van der Waals surface area contributed by atoms with Gasteiger partial charge in [0.15, 0.2) is 0 Å². The SMILES string of the molecule is CC(C)Oc1cc(N[C@@H]2CCOC[C@H]2OCC2CC2)nc(N)n1. The van der Waals surface area contributed by atoms with E-state index < -0.39 is 0 Å². The Kier molecular flexibility index (Phi) is 5.17. The lowest BCUT2D eigenvalue weighted by Gasteiger charge is -2.32. The Labute approximate surface area is 136 Å². The van der Waals surface area contributed by atoms with Gasteiger partial charge in [0.1, 0.15) is 11.9 Å². The first-order chi connectivity index (χ1) is 11.1. The topological polar surface area (TPSA) is 91.5 Å². The fourth-order valence-electron chi connectivity index (χ4n) is 2.59. The number of nitrogens with two attached hydrogens (primary N) is 1. The molecule has 0 aromatic carbocycles. The molecule has 1 aliphatic heterocycles. The van der Waals surface area contributed by atoms with Gasteiger partial charge < -0.3 is 25.3 Å². The summed E-state index contributed by atoms with van der Waals surface area (Å²) in [5.74, 6) is 2.09. The normalized spacial score (nSPS) is 24.7. The van der Waals surface area contributed by atoms with Crippen molar-refractivity contribution in [2.75, 3.05) is 30.9 Å². The Morgan fingerprint density at radius 1 is 1.35 bits per heavy atom. The van der Waals surface area contributed by atoms with Gasteiger partial charge in [-0.25, -0.2) is 0 Å². The van der Waals surface area contributed by atoms with Crippen LogP contribution in [0.3, 0.4) is 0 Å². The van der Waals surface area contributed by atoms with Crippen molar-refractivity contribution in [3.05, 3.63) is 6.07 Å². The number of aromatic nitrogens is 2. The van der Waals surface area contributed by atoms with Crippen LogP contribution in [0, 0.1) is 5.92 Å². The molecule has 2 aliphatic rings. The van der Waals surface area contributed by atoms with Crippen LogP contribution in [-0.2, 0) is 9.47 Å². The average Bonchev–Trinajstić information content (AvgIpc) is 3.29. The molecule has 3 N–H and O–H groups in total. The summed E-state index contributed by atoms with van der Waals surface area (Å²) in [5, 5.41) is 3.41. The molecule has 0 spiro atoms. The second-order valence-electron chi connectivity index (χ2n) is 6.55. The number of hydrogen-bond donors (Lipinski definition) is 2. The van der Waals surface area contributed by atoms with Crippen molar-refractivity contribution in [1.82, 2.24) is 9.97 Å². The van der Waals surface area contributed by atoms with E-state index in [0.29, 0.717) is 18.3 Å². The zero-order valence-electron chi connectivity index (χ0n) is 13.8. The van der Waals surface area contributed by atoms with Crippen LogP contribution in [0.1, 0.15) is 33.1 Å². The van der Waals surface area contributed by atoms with Crippen LogP contribution < -0.4 is 15.8 Å².